The zero-order chi connectivity index (χ0) is 18.2. The Balaban J connectivity index is 1.22. The summed E-state index contributed by atoms with van der Waals surface area (Å²) in [5, 5.41) is 9.79. The fourth-order valence-electron chi connectivity index (χ4n) is 4.09. The minimum Gasteiger partial charge on any atom is -0.490 e. The van der Waals surface area contributed by atoms with Crippen molar-refractivity contribution in [1.82, 2.24) is 24.5 Å². The average Bonchev–Trinajstić information content (AvgIpc) is 3.26. The van der Waals surface area contributed by atoms with Crippen LogP contribution in [0.2, 0.25) is 0 Å². The molecule has 0 spiro atoms. The van der Waals surface area contributed by atoms with Gasteiger partial charge in [-0.3, -0.25) is 4.90 Å². The smallest absolute Gasteiger partial charge is 0.129 e. The Morgan fingerprint density at radius 2 is 1.96 bits per heavy atom. The first-order valence-corrected chi connectivity index (χ1v) is 10.1. The van der Waals surface area contributed by atoms with E-state index in [1.807, 2.05) is 13.2 Å². The molecule has 1 aliphatic heterocycles. The van der Waals surface area contributed by atoms with E-state index in [0.717, 1.165) is 56.4 Å². The summed E-state index contributed by atoms with van der Waals surface area (Å²) >= 11 is 0. The molecular formula is C21H27N5O. The maximum Gasteiger partial charge on any atom is 0.129 e. The molecule has 0 N–H and O–H groups in total. The lowest BCUT2D eigenvalue weighted by molar-refractivity contribution is 0.0972. The average molecular weight is 365 g/mol. The van der Waals surface area contributed by atoms with Crippen molar-refractivity contribution >= 4 is 10.9 Å². The van der Waals surface area contributed by atoms with E-state index < -0.39 is 0 Å². The highest BCUT2D eigenvalue weighted by atomic mass is 16.5. The molecule has 6 nitrogen and oxygen atoms in total. The van der Waals surface area contributed by atoms with Crippen molar-refractivity contribution < 1.29 is 4.74 Å². The predicted octanol–water partition coefficient (Wildman–Crippen LogP) is 3.22. The Hall–Kier alpha value is -2.34. The minimum absolute atomic E-state index is 0.292. The summed E-state index contributed by atoms with van der Waals surface area (Å²) in [6.07, 6.45) is 9.24. The lowest BCUT2D eigenvalue weighted by Gasteiger charge is -2.31. The Bertz CT molecular complexity index is 918. The van der Waals surface area contributed by atoms with Crippen LogP contribution in [-0.2, 0) is 20.1 Å². The highest BCUT2D eigenvalue weighted by Gasteiger charge is 2.24. The number of hydrogen-bond donors (Lipinski definition) is 0. The number of rotatable bonds is 6. The minimum atomic E-state index is 0.292. The molecule has 1 saturated carbocycles. The molecule has 2 aliphatic rings. The van der Waals surface area contributed by atoms with Crippen molar-refractivity contribution in [2.45, 2.75) is 44.9 Å². The number of aryl methyl sites for hydroxylation is 1. The zero-order valence-electron chi connectivity index (χ0n) is 15.9. The van der Waals surface area contributed by atoms with Gasteiger partial charge in [-0.1, -0.05) is 6.07 Å². The summed E-state index contributed by atoms with van der Waals surface area (Å²) in [4.78, 5) is 4.07. The van der Waals surface area contributed by atoms with Crippen LogP contribution in [0.5, 0.6) is 5.75 Å². The third-order valence-corrected chi connectivity index (χ3v) is 5.79. The van der Waals surface area contributed by atoms with Gasteiger partial charge in [0.1, 0.15) is 11.9 Å². The highest BCUT2D eigenvalue weighted by Crippen LogP contribution is 2.34. The summed E-state index contributed by atoms with van der Waals surface area (Å²) in [5.41, 5.74) is 2.35. The molecule has 27 heavy (non-hydrogen) atoms. The maximum absolute atomic E-state index is 6.43. The lowest BCUT2D eigenvalue weighted by atomic mass is 10.1. The summed E-state index contributed by atoms with van der Waals surface area (Å²) in [5.74, 6) is 1.92. The van der Waals surface area contributed by atoms with Gasteiger partial charge < -0.3 is 9.30 Å². The van der Waals surface area contributed by atoms with Crippen LogP contribution in [0.15, 0.2) is 36.7 Å². The molecule has 0 atom stereocenters. The Labute approximate surface area is 159 Å². The van der Waals surface area contributed by atoms with Gasteiger partial charge in [0.25, 0.3) is 0 Å². The van der Waals surface area contributed by atoms with Gasteiger partial charge in [0, 0.05) is 44.8 Å². The monoisotopic (exact) mass is 365 g/mol. The second-order valence-electron chi connectivity index (χ2n) is 8.02. The summed E-state index contributed by atoms with van der Waals surface area (Å²) in [6, 6.07) is 8.68. The van der Waals surface area contributed by atoms with Crippen LogP contribution in [-0.4, -0.2) is 43.7 Å². The van der Waals surface area contributed by atoms with Crippen molar-refractivity contribution in [1.29, 1.82) is 0 Å². The zero-order valence-corrected chi connectivity index (χ0v) is 15.9. The van der Waals surface area contributed by atoms with Crippen molar-refractivity contribution in [2.24, 2.45) is 13.0 Å². The van der Waals surface area contributed by atoms with E-state index in [1.165, 1.54) is 23.7 Å². The molecule has 0 bridgehead atoms. The molecule has 0 radical (unpaired) electrons. The van der Waals surface area contributed by atoms with Crippen molar-refractivity contribution in [3.05, 3.63) is 42.4 Å². The van der Waals surface area contributed by atoms with E-state index in [4.69, 9.17) is 4.74 Å². The SMILES string of the molecule is Cn1ncc(CN2CCC(Oc3cccc4c3ccn4CC3CC3)CC2)n1. The second kappa shape index (κ2) is 7.00. The number of benzene rings is 1. The number of aromatic nitrogens is 4. The van der Waals surface area contributed by atoms with E-state index in [0.29, 0.717) is 6.10 Å². The number of hydrogen-bond acceptors (Lipinski definition) is 4. The molecule has 2 fully saturated rings. The van der Waals surface area contributed by atoms with Crippen LogP contribution in [0, 0.1) is 5.92 Å². The van der Waals surface area contributed by atoms with E-state index >= 15 is 0 Å². The molecule has 3 aromatic rings. The van der Waals surface area contributed by atoms with Crippen LogP contribution < -0.4 is 4.74 Å². The quantitative estimate of drug-likeness (QED) is 0.673. The van der Waals surface area contributed by atoms with Crippen LogP contribution >= 0.6 is 0 Å². The molecule has 142 valence electrons. The van der Waals surface area contributed by atoms with E-state index in [-0.39, 0.29) is 0 Å². The number of likely N-dealkylation sites (tertiary alicyclic amines) is 1. The first-order chi connectivity index (χ1) is 13.2. The standard InChI is InChI=1S/C21H27N5O/c1-24-22-13-17(23-24)15-25-10-7-18(8-11-25)27-21-4-2-3-20-19(21)9-12-26(20)14-16-5-6-16/h2-4,9,12-13,16,18H,5-8,10-11,14-15H2,1H3. The molecule has 1 aromatic carbocycles. The topological polar surface area (TPSA) is 48.1 Å². The van der Waals surface area contributed by atoms with Gasteiger partial charge in [0.15, 0.2) is 0 Å². The van der Waals surface area contributed by atoms with Crippen LogP contribution in [0.1, 0.15) is 31.4 Å². The molecule has 3 heterocycles. The third-order valence-electron chi connectivity index (χ3n) is 5.79. The summed E-state index contributed by atoms with van der Waals surface area (Å²) in [7, 11) is 1.86. The van der Waals surface area contributed by atoms with Crippen molar-refractivity contribution in [3.8, 4) is 5.75 Å². The van der Waals surface area contributed by atoms with Crippen LogP contribution in [0.3, 0.4) is 0 Å². The fraction of sp³-hybridized carbons (Fsp3) is 0.524. The van der Waals surface area contributed by atoms with Crippen molar-refractivity contribution in [2.75, 3.05) is 13.1 Å². The Morgan fingerprint density at radius 1 is 1.11 bits per heavy atom. The molecule has 5 rings (SSSR count). The summed E-state index contributed by atoms with van der Waals surface area (Å²) in [6.45, 7) is 4.10. The van der Waals surface area contributed by atoms with Gasteiger partial charge >= 0.3 is 0 Å². The number of ether oxygens (including phenoxy) is 1. The fourth-order valence-corrected chi connectivity index (χ4v) is 4.09. The third kappa shape index (κ3) is 3.72. The van der Waals surface area contributed by atoms with E-state index in [1.54, 1.807) is 4.80 Å². The lowest BCUT2D eigenvalue weighted by Crippen LogP contribution is -2.37. The van der Waals surface area contributed by atoms with Gasteiger partial charge in [-0.05, 0) is 49.8 Å². The number of fused-ring (bicyclic) bond motifs is 1. The molecule has 6 heteroatoms. The predicted molar refractivity (Wildman–Crippen MR) is 105 cm³/mol. The maximum atomic E-state index is 6.43. The normalized spacial score (nSPS) is 19.0. The Kier molecular flexibility index (Phi) is 4.36. The molecule has 1 aliphatic carbocycles. The van der Waals surface area contributed by atoms with Gasteiger partial charge in [-0.25, -0.2) is 0 Å². The molecule has 0 unspecified atom stereocenters. The van der Waals surface area contributed by atoms with Gasteiger partial charge in [-0.15, -0.1) is 0 Å². The van der Waals surface area contributed by atoms with E-state index in [9.17, 15) is 0 Å². The summed E-state index contributed by atoms with van der Waals surface area (Å²) < 4.78 is 8.83. The first kappa shape index (κ1) is 16.8. The highest BCUT2D eigenvalue weighted by molar-refractivity contribution is 5.86. The molecular weight excluding hydrogens is 338 g/mol. The van der Waals surface area contributed by atoms with Gasteiger partial charge in [0.2, 0.25) is 0 Å². The molecule has 2 aromatic heterocycles. The van der Waals surface area contributed by atoms with Crippen LogP contribution in [0.25, 0.3) is 10.9 Å². The van der Waals surface area contributed by atoms with E-state index in [2.05, 4.69) is 50.1 Å². The van der Waals surface area contributed by atoms with Crippen LogP contribution in [0.4, 0.5) is 0 Å². The van der Waals surface area contributed by atoms with Crippen molar-refractivity contribution in [3.63, 3.8) is 0 Å². The number of piperidine rings is 1. The van der Waals surface area contributed by atoms with Gasteiger partial charge in [0.05, 0.1) is 17.4 Å². The first-order valence-electron chi connectivity index (χ1n) is 10.1. The second-order valence-corrected chi connectivity index (χ2v) is 8.02. The molecule has 0 amide bonds. The largest absolute Gasteiger partial charge is 0.490 e. The molecule has 1 saturated heterocycles. The Morgan fingerprint density at radius 3 is 2.70 bits per heavy atom. The number of nitrogens with zero attached hydrogens (tertiary/aromatic N) is 5. The van der Waals surface area contributed by atoms with Gasteiger partial charge in [-0.2, -0.15) is 15.0 Å².